The molecule has 11 nitrogen and oxygen atoms in total. The number of hydrogen-bond acceptors (Lipinski definition) is 9. The quantitative estimate of drug-likeness (QED) is 0.0324. The summed E-state index contributed by atoms with van der Waals surface area (Å²) in [6.07, 6.45) is 28.9. The number of phosphoric acid groups is 1. The summed E-state index contributed by atoms with van der Waals surface area (Å²) in [6, 6.07) is -1.52. The smallest absolute Gasteiger partial charge is 0.472 e. The van der Waals surface area contributed by atoms with Gasteiger partial charge in [-0.05, 0) is 51.4 Å². The largest absolute Gasteiger partial charge is 0.480 e. The van der Waals surface area contributed by atoms with Gasteiger partial charge in [0.15, 0.2) is 6.10 Å². The molecular weight excluding hydrogens is 601 g/mol. The van der Waals surface area contributed by atoms with Gasteiger partial charge in [0.25, 0.3) is 0 Å². The standard InChI is InChI=1S/C33H56NO10P/c1-3-5-7-8-9-10-11-12-13-14-15-16-17-18-19-20-21-22-23-25-32(36)44-29(26-41-31(35)24-6-4-2)27-42-45(39,40)43-28-30(34)33(37)38/h5,7,9-10,12-13,15-16,29-30H,3-4,6,8,11,14,17-28,34H2,1-2H3,(H,37,38)(H,39,40)/b7-5-,10-9-,13-12-,16-15-. The molecule has 258 valence electrons. The fourth-order valence-corrected chi connectivity index (χ4v) is 4.51. The molecule has 3 unspecified atom stereocenters. The average Bonchev–Trinajstić information content (AvgIpc) is 3.01. The van der Waals surface area contributed by atoms with E-state index in [9.17, 15) is 23.8 Å². The fourth-order valence-electron chi connectivity index (χ4n) is 3.74. The van der Waals surface area contributed by atoms with Gasteiger partial charge in [-0.3, -0.25) is 23.4 Å². The molecule has 45 heavy (non-hydrogen) atoms. The SMILES string of the molecule is CC/C=C\C/C=C\C/C=C\C/C=C\CCCCCCCCC(=O)OC(COC(=O)CCCC)COP(=O)(O)OCC(N)C(=O)O. The molecule has 0 radical (unpaired) electrons. The molecular formula is C33H56NO10P. The van der Waals surface area contributed by atoms with Crippen molar-refractivity contribution in [2.24, 2.45) is 5.73 Å². The predicted octanol–water partition coefficient (Wildman–Crippen LogP) is 7.10. The molecule has 3 atom stereocenters. The van der Waals surface area contributed by atoms with Crippen molar-refractivity contribution in [1.29, 1.82) is 0 Å². The number of esters is 2. The van der Waals surface area contributed by atoms with Crippen molar-refractivity contribution in [2.75, 3.05) is 19.8 Å². The normalized spacial score (nSPS) is 14.8. The van der Waals surface area contributed by atoms with Crippen LogP contribution in [0.4, 0.5) is 0 Å². The van der Waals surface area contributed by atoms with E-state index in [4.69, 9.17) is 24.8 Å². The first-order chi connectivity index (χ1) is 21.6. The summed E-state index contributed by atoms with van der Waals surface area (Å²) in [4.78, 5) is 44.8. The number of carbonyl (C=O) groups is 3. The summed E-state index contributed by atoms with van der Waals surface area (Å²) in [5, 5.41) is 8.77. The lowest BCUT2D eigenvalue weighted by Gasteiger charge is -2.20. The topological polar surface area (TPSA) is 172 Å². The Hall–Kier alpha value is -2.56. The van der Waals surface area contributed by atoms with Gasteiger partial charge >= 0.3 is 25.7 Å². The minimum atomic E-state index is -4.69. The molecule has 4 N–H and O–H groups in total. The number of phosphoric ester groups is 1. The van der Waals surface area contributed by atoms with E-state index in [0.29, 0.717) is 12.8 Å². The van der Waals surface area contributed by atoms with Crippen molar-refractivity contribution in [1.82, 2.24) is 0 Å². The maximum absolute atomic E-state index is 12.4. The number of hydrogen-bond donors (Lipinski definition) is 3. The van der Waals surface area contributed by atoms with Gasteiger partial charge in [-0.1, -0.05) is 94.6 Å². The number of allylic oxidation sites excluding steroid dienone is 8. The maximum atomic E-state index is 12.4. The third kappa shape index (κ3) is 28.6. The molecule has 0 amide bonds. The van der Waals surface area contributed by atoms with Crippen molar-refractivity contribution >= 4 is 25.7 Å². The zero-order valence-corrected chi connectivity index (χ0v) is 28.1. The first-order valence-electron chi connectivity index (χ1n) is 16.2. The summed E-state index contributed by atoms with van der Waals surface area (Å²) >= 11 is 0. The molecule has 0 saturated heterocycles. The van der Waals surface area contributed by atoms with Gasteiger partial charge in [0.2, 0.25) is 0 Å². The summed E-state index contributed by atoms with van der Waals surface area (Å²) in [7, 11) is -4.69. The Morgan fingerprint density at radius 3 is 1.84 bits per heavy atom. The van der Waals surface area contributed by atoms with Crippen molar-refractivity contribution in [3.63, 3.8) is 0 Å². The predicted molar refractivity (Wildman–Crippen MR) is 175 cm³/mol. The van der Waals surface area contributed by atoms with E-state index in [-0.39, 0.29) is 19.4 Å². The number of nitrogens with two attached hydrogens (primary N) is 1. The van der Waals surface area contributed by atoms with Gasteiger partial charge < -0.3 is 25.2 Å². The summed E-state index contributed by atoms with van der Waals surface area (Å²) in [5.74, 6) is -2.45. The van der Waals surface area contributed by atoms with Crippen LogP contribution in [-0.4, -0.2) is 59.9 Å². The van der Waals surface area contributed by atoms with Crippen molar-refractivity contribution in [3.05, 3.63) is 48.6 Å². The zero-order chi connectivity index (χ0) is 33.6. The van der Waals surface area contributed by atoms with Crippen LogP contribution in [0.1, 0.15) is 110 Å². The molecule has 0 aromatic rings. The molecule has 0 aromatic carbocycles. The van der Waals surface area contributed by atoms with Gasteiger partial charge in [0, 0.05) is 12.8 Å². The second-order valence-corrected chi connectivity index (χ2v) is 12.0. The number of rotatable bonds is 29. The number of ether oxygens (including phenoxy) is 2. The van der Waals surface area contributed by atoms with Crippen LogP contribution < -0.4 is 5.73 Å². The van der Waals surface area contributed by atoms with Crippen LogP contribution in [0.3, 0.4) is 0 Å². The Morgan fingerprint density at radius 1 is 0.711 bits per heavy atom. The Labute approximate surface area is 269 Å². The number of carboxylic acids is 1. The molecule has 0 bridgehead atoms. The summed E-state index contributed by atoms with van der Waals surface area (Å²) in [6.45, 7) is 2.34. The third-order valence-corrected chi connectivity index (χ3v) is 7.29. The van der Waals surface area contributed by atoms with Crippen LogP contribution in [0.5, 0.6) is 0 Å². The van der Waals surface area contributed by atoms with Crippen LogP contribution in [0.2, 0.25) is 0 Å². The molecule has 0 heterocycles. The highest BCUT2D eigenvalue weighted by molar-refractivity contribution is 7.47. The second kappa shape index (κ2) is 28.9. The van der Waals surface area contributed by atoms with Crippen molar-refractivity contribution in [2.45, 2.75) is 122 Å². The van der Waals surface area contributed by atoms with Crippen molar-refractivity contribution < 1.29 is 47.5 Å². The van der Waals surface area contributed by atoms with Gasteiger partial charge in [0.1, 0.15) is 12.6 Å². The van der Waals surface area contributed by atoms with E-state index in [2.05, 4.69) is 60.1 Å². The second-order valence-electron chi connectivity index (χ2n) is 10.6. The van der Waals surface area contributed by atoms with Crippen molar-refractivity contribution in [3.8, 4) is 0 Å². The van der Waals surface area contributed by atoms with E-state index in [1.165, 1.54) is 0 Å². The first-order valence-corrected chi connectivity index (χ1v) is 17.7. The Kier molecular flexibility index (Phi) is 27.2. The fraction of sp³-hybridized carbons (Fsp3) is 0.667. The first kappa shape index (κ1) is 42.4. The molecule has 0 fully saturated rings. The number of carboxylic acid groups (broad SMARTS) is 1. The number of unbranched alkanes of at least 4 members (excludes halogenated alkanes) is 7. The highest BCUT2D eigenvalue weighted by atomic mass is 31.2. The number of aliphatic carboxylic acids is 1. The molecule has 12 heteroatoms. The minimum Gasteiger partial charge on any atom is -0.480 e. The van der Waals surface area contributed by atoms with Gasteiger partial charge in [-0.25, -0.2) is 4.57 Å². The third-order valence-electron chi connectivity index (χ3n) is 6.34. The van der Waals surface area contributed by atoms with Gasteiger partial charge in [-0.2, -0.15) is 0 Å². The Bertz CT molecular complexity index is 963. The van der Waals surface area contributed by atoms with Gasteiger partial charge in [-0.15, -0.1) is 0 Å². The van der Waals surface area contributed by atoms with E-state index in [0.717, 1.165) is 70.6 Å². The molecule has 0 aromatic heterocycles. The summed E-state index contributed by atoms with van der Waals surface area (Å²) in [5.41, 5.74) is 5.26. The van der Waals surface area contributed by atoms with Crippen LogP contribution in [0.15, 0.2) is 48.6 Å². The molecule has 0 aliphatic rings. The molecule has 0 spiro atoms. The lowest BCUT2D eigenvalue weighted by molar-refractivity contribution is -0.161. The van der Waals surface area contributed by atoms with E-state index >= 15 is 0 Å². The number of carbonyl (C=O) groups excluding carboxylic acids is 2. The molecule has 0 aliphatic heterocycles. The van der Waals surface area contributed by atoms with Crippen LogP contribution >= 0.6 is 7.82 Å². The zero-order valence-electron chi connectivity index (χ0n) is 27.2. The summed E-state index contributed by atoms with van der Waals surface area (Å²) < 4.78 is 32.0. The van der Waals surface area contributed by atoms with E-state index < -0.39 is 51.1 Å². The lowest BCUT2D eigenvalue weighted by Crippen LogP contribution is -2.34. The average molecular weight is 658 g/mol. The molecule has 0 aliphatic carbocycles. The van der Waals surface area contributed by atoms with Crippen LogP contribution in [0, 0.1) is 0 Å². The monoisotopic (exact) mass is 657 g/mol. The Morgan fingerprint density at radius 2 is 1.24 bits per heavy atom. The minimum absolute atomic E-state index is 0.142. The van der Waals surface area contributed by atoms with E-state index in [1.54, 1.807) is 0 Å². The van der Waals surface area contributed by atoms with Gasteiger partial charge in [0.05, 0.1) is 13.2 Å². The van der Waals surface area contributed by atoms with Crippen LogP contribution in [-0.2, 0) is 37.5 Å². The lowest BCUT2D eigenvalue weighted by atomic mass is 10.1. The van der Waals surface area contributed by atoms with Crippen LogP contribution in [0.25, 0.3) is 0 Å². The highest BCUT2D eigenvalue weighted by Gasteiger charge is 2.28. The van der Waals surface area contributed by atoms with E-state index in [1.807, 2.05) is 6.92 Å². The molecule has 0 saturated carbocycles. The molecule has 0 rings (SSSR count). The maximum Gasteiger partial charge on any atom is 0.472 e. The highest BCUT2D eigenvalue weighted by Crippen LogP contribution is 2.43. The Balaban J connectivity index is 4.24.